The number of nitrogens with zero attached hydrogens (tertiary/aromatic N) is 1. The first kappa shape index (κ1) is 19.3. The Morgan fingerprint density at radius 2 is 1.75 bits per heavy atom. The van der Waals surface area contributed by atoms with Crippen LogP contribution in [0.2, 0.25) is 0 Å². The molecule has 0 radical (unpaired) electrons. The maximum absolute atomic E-state index is 12.6. The van der Waals surface area contributed by atoms with Crippen LogP contribution in [-0.4, -0.2) is 42.4 Å². The van der Waals surface area contributed by atoms with Crippen molar-refractivity contribution in [2.75, 3.05) is 20.8 Å². The van der Waals surface area contributed by atoms with E-state index in [4.69, 9.17) is 14.2 Å². The molecule has 0 unspecified atom stereocenters. The van der Waals surface area contributed by atoms with Crippen molar-refractivity contribution in [1.29, 1.82) is 0 Å². The lowest BCUT2D eigenvalue weighted by atomic mass is 9.96. The number of carbonyl (C=O) groups is 2. The molecule has 0 saturated carbocycles. The molecule has 0 aliphatic carbocycles. The van der Waals surface area contributed by atoms with Gasteiger partial charge in [0.05, 0.1) is 26.3 Å². The Labute approximate surface area is 162 Å². The topological polar surface area (TPSA) is 87.0 Å². The summed E-state index contributed by atoms with van der Waals surface area (Å²) in [5.41, 5.74) is 1.84. The SMILES string of the molecule is CCOC(=O)c1c(-c2ccc(OC)cc2)cc2cc(C(=O)OC)n(C)c2c1O. The average Bonchev–Trinajstić information content (AvgIpc) is 3.04. The quantitative estimate of drug-likeness (QED) is 0.679. The summed E-state index contributed by atoms with van der Waals surface area (Å²) in [5.74, 6) is -0.769. The molecule has 7 nitrogen and oxygen atoms in total. The minimum absolute atomic E-state index is 0.0390. The van der Waals surface area contributed by atoms with Crippen LogP contribution in [0.4, 0.5) is 0 Å². The molecule has 0 aliphatic rings. The Kier molecular flexibility index (Phi) is 5.26. The summed E-state index contributed by atoms with van der Waals surface area (Å²) in [4.78, 5) is 24.7. The lowest BCUT2D eigenvalue weighted by Crippen LogP contribution is -2.09. The van der Waals surface area contributed by atoms with E-state index in [1.54, 1.807) is 57.5 Å². The maximum Gasteiger partial charge on any atom is 0.354 e. The second-order valence-corrected chi connectivity index (χ2v) is 6.11. The Balaban J connectivity index is 2.32. The van der Waals surface area contributed by atoms with Crippen LogP contribution in [0.15, 0.2) is 36.4 Å². The minimum Gasteiger partial charge on any atom is -0.505 e. The molecule has 1 N–H and O–H groups in total. The van der Waals surface area contributed by atoms with Gasteiger partial charge in [0, 0.05) is 18.0 Å². The number of aromatic hydroxyl groups is 1. The first-order chi connectivity index (χ1) is 13.4. The van der Waals surface area contributed by atoms with Gasteiger partial charge in [0.2, 0.25) is 0 Å². The van der Waals surface area contributed by atoms with E-state index in [0.717, 1.165) is 0 Å². The molecule has 7 heteroatoms. The summed E-state index contributed by atoms with van der Waals surface area (Å²) in [5, 5.41) is 11.5. The van der Waals surface area contributed by atoms with Gasteiger partial charge in [0.1, 0.15) is 17.0 Å². The highest BCUT2D eigenvalue weighted by Gasteiger charge is 2.25. The molecule has 0 atom stereocenters. The van der Waals surface area contributed by atoms with Crippen molar-refractivity contribution in [3.05, 3.63) is 47.7 Å². The van der Waals surface area contributed by atoms with Crippen LogP contribution < -0.4 is 4.74 Å². The lowest BCUT2D eigenvalue weighted by Gasteiger charge is -2.14. The van der Waals surface area contributed by atoms with Gasteiger partial charge >= 0.3 is 11.9 Å². The van der Waals surface area contributed by atoms with Crippen molar-refractivity contribution < 1.29 is 28.9 Å². The molecule has 0 amide bonds. The fourth-order valence-corrected chi connectivity index (χ4v) is 3.21. The third-order valence-electron chi connectivity index (χ3n) is 4.57. The number of phenolic OH excluding ortho intramolecular Hbond substituents is 1. The van der Waals surface area contributed by atoms with Crippen LogP contribution in [0, 0.1) is 0 Å². The second-order valence-electron chi connectivity index (χ2n) is 6.11. The van der Waals surface area contributed by atoms with Gasteiger partial charge < -0.3 is 23.9 Å². The Morgan fingerprint density at radius 3 is 2.32 bits per heavy atom. The number of methoxy groups -OCH3 is 2. The summed E-state index contributed by atoms with van der Waals surface area (Å²) in [6, 6.07) is 10.4. The van der Waals surface area contributed by atoms with Gasteiger partial charge in [-0.25, -0.2) is 9.59 Å². The molecule has 2 aromatic carbocycles. The van der Waals surface area contributed by atoms with Gasteiger partial charge in [-0.05, 0) is 36.8 Å². The van der Waals surface area contributed by atoms with E-state index in [-0.39, 0.29) is 23.6 Å². The predicted octanol–water partition coefficient (Wildman–Crippen LogP) is 3.52. The normalized spacial score (nSPS) is 10.7. The molecule has 3 aromatic rings. The van der Waals surface area contributed by atoms with Gasteiger partial charge in [0.25, 0.3) is 0 Å². The second kappa shape index (κ2) is 7.64. The van der Waals surface area contributed by atoms with Gasteiger partial charge in [0.15, 0.2) is 5.75 Å². The van der Waals surface area contributed by atoms with E-state index < -0.39 is 11.9 Å². The number of hydrogen-bond donors (Lipinski definition) is 1. The van der Waals surface area contributed by atoms with E-state index in [2.05, 4.69) is 0 Å². The fraction of sp³-hybridized carbons (Fsp3) is 0.238. The fourth-order valence-electron chi connectivity index (χ4n) is 3.21. The standard InChI is InChI=1S/C21H21NO6/c1-5-28-21(25)17-15(12-6-8-14(26-3)9-7-12)10-13-11-16(20(24)27-4)22(2)18(13)19(17)23/h6-11,23H,5H2,1-4H3. The number of ether oxygens (including phenoxy) is 3. The molecule has 146 valence electrons. The number of carbonyl (C=O) groups excluding carboxylic acids is 2. The summed E-state index contributed by atoms with van der Waals surface area (Å²) >= 11 is 0. The number of esters is 2. The van der Waals surface area contributed by atoms with Crippen molar-refractivity contribution in [2.24, 2.45) is 7.05 Å². The van der Waals surface area contributed by atoms with E-state index in [9.17, 15) is 14.7 Å². The third kappa shape index (κ3) is 3.15. The largest absolute Gasteiger partial charge is 0.505 e. The average molecular weight is 383 g/mol. The first-order valence-electron chi connectivity index (χ1n) is 8.68. The van der Waals surface area contributed by atoms with Crippen LogP contribution >= 0.6 is 0 Å². The summed E-state index contributed by atoms with van der Waals surface area (Å²) in [6.07, 6.45) is 0. The van der Waals surface area contributed by atoms with Crippen LogP contribution in [-0.2, 0) is 16.5 Å². The summed E-state index contributed by atoms with van der Waals surface area (Å²) in [7, 11) is 4.47. The van der Waals surface area contributed by atoms with E-state index in [0.29, 0.717) is 27.8 Å². The monoisotopic (exact) mass is 383 g/mol. The number of hydrogen-bond acceptors (Lipinski definition) is 6. The van der Waals surface area contributed by atoms with Gasteiger partial charge in [-0.2, -0.15) is 0 Å². The highest BCUT2D eigenvalue weighted by atomic mass is 16.5. The highest BCUT2D eigenvalue weighted by Crippen LogP contribution is 2.39. The van der Waals surface area contributed by atoms with Crippen molar-refractivity contribution in [3.8, 4) is 22.6 Å². The van der Waals surface area contributed by atoms with Crippen molar-refractivity contribution in [1.82, 2.24) is 4.57 Å². The predicted molar refractivity (Wildman–Crippen MR) is 104 cm³/mol. The molecule has 1 heterocycles. The third-order valence-corrected chi connectivity index (χ3v) is 4.57. The van der Waals surface area contributed by atoms with Crippen LogP contribution in [0.5, 0.6) is 11.5 Å². The molecule has 3 rings (SSSR count). The minimum atomic E-state index is -0.645. The number of rotatable bonds is 5. The van der Waals surface area contributed by atoms with Crippen molar-refractivity contribution >= 4 is 22.8 Å². The van der Waals surface area contributed by atoms with Gasteiger partial charge in [-0.15, -0.1) is 0 Å². The Morgan fingerprint density at radius 1 is 1.07 bits per heavy atom. The number of phenols is 1. The highest BCUT2D eigenvalue weighted by molar-refractivity contribution is 6.09. The van der Waals surface area contributed by atoms with Crippen LogP contribution in [0.1, 0.15) is 27.8 Å². The molecular formula is C21H21NO6. The number of benzene rings is 2. The summed E-state index contributed by atoms with van der Waals surface area (Å²) < 4.78 is 16.6. The molecule has 0 spiro atoms. The maximum atomic E-state index is 12.6. The van der Waals surface area contributed by atoms with E-state index in [1.165, 1.54) is 11.7 Å². The molecule has 1 aromatic heterocycles. The molecular weight excluding hydrogens is 362 g/mol. The van der Waals surface area contributed by atoms with Crippen LogP contribution in [0.25, 0.3) is 22.0 Å². The number of fused-ring (bicyclic) bond motifs is 1. The van der Waals surface area contributed by atoms with Gasteiger partial charge in [-0.3, -0.25) is 0 Å². The summed E-state index contributed by atoms with van der Waals surface area (Å²) in [6.45, 7) is 1.86. The number of aryl methyl sites for hydroxylation is 1. The number of aromatic nitrogens is 1. The first-order valence-corrected chi connectivity index (χ1v) is 8.68. The van der Waals surface area contributed by atoms with Gasteiger partial charge in [-0.1, -0.05) is 12.1 Å². The zero-order chi connectivity index (χ0) is 20.4. The Bertz CT molecular complexity index is 1050. The molecule has 28 heavy (non-hydrogen) atoms. The molecule has 0 aliphatic heterocycles. The lowest BCUT2D eigenvalue weighted by molar-refractivity contribution is 0.0523. The van der Waals surface area contributed by atoms with Crippen LogP contribution in [0.3, 0.4) is 0 Å². The smallest absolute Gasteiger partial charge is 0.354 e. The molecule has 0 fully saturated rings. The molecule has 0 saturated heterocycles. The van der Waals surface area contributed by atoms with E-state index in [1.807, 2.05) is 0 Å². The zero-order valence-corrected chi connectivity index (χ0v) is 16.1. The van der Waals surface area contributed by atoms with Crippen molar-refractivity contribution in [3.63, 3.8) is 0 Å². The van der Waals surface area contributed by atoms with E-state index >= 15 is 0 Å². The Hall–Kier alpha value is -3.48. The van der Waals surface area contributed by atoms with Crippen molar-refractivity contribution in [2.45, 2.75) is 6.92 Å². The molecule has 0 bridgehead atoms. The zero-order valence-electron chi connectivity index (χ0n) is 16.1.